The van der Waals surface area contributed by atoms with Gasteiger partial charge in [-0.05, 0) is 30.3 Å². The third-order valence-electron chi connectivity index (χ3n) is 2.96. The maximum Gasteiger partial charge on any atom is 0.0992 e. The monoisotopic (exact) mass is 260 g/mol. The van der Waals surface area contributed by atoms with Crippen LogP contribution in [0.4, 0.5) is 5.69 Å². The number of nitriles is 1. The fraction of sp³-hybridized carbons (Fsp3) is 0.0625. The van der Waals surface area contributed by atoms with Crippen LogP contribution in [-0.2, 0) is 6.54 Å². The third kappa shape index (κ3) is 2.57. The standard InChI is InChI=1S/C16H12N4/c17-9-12-4-3-5-13(8-12)18-10-14-11-19-15-6-1-2-7-16(15)20-14/h1-8,11,18H,10H2. The van der Waals surface area contributed by atoms with Crippen LogP contribution in [0.15, 0.2) is 54.7 Å². The number of nitrogens with one attached hydrogen (secondary N) is 1. The van der Waals surface area contributed by atoms with Gasteiger partial charge in [-0.3, -0.25) is 4.98 Å². The van der Waals surface area contributed by atoms with E-state index in [0.29, 0.717) is 12.1 Å². The molecule has 0 amide bonds. The molecule has 0 spiro atoms. The second-order valence-corrected chi connectivity index (χ2v) is 4.40. The first-order valence-corrected chi connectivity index (χ1v) is 6.30. The molecule has 1 N–H and O–H groups in total. The number of hydrogen-bond donors (Lipinski definition) is 1. The normalized spacial score (nSPS) is 10.2. The van der Waals surface area contributed by atoms with Gasteiger partial charge < -0.3 is 5.32 Å². The number of para-hydroxylation sites is 2. The zero-order chi connectivity index (χ0) is 13.8. The van der Waals surface area contributed by atoms with Crippen LogP contribution < -0.4 is 5.32 Å². The second kappa shape index (κ2) is 5.37. The summed E-state index contributed by atoms with van der Waals surface area (Å²) in [6.07, 6.45) is 1.77. The molecular formula is C16H12N4. The lowest BCUT2D eigenvalue weighted by molar-refractivity contribution is 1.04. The van der Waals surface area contributed by atoms with Crippen LogP contribution in [0.1, 0.15) is 11.3 Å². The second-order valence-electron chi connectivity index (χ2n) is 4.40. The van der Waals surface area contributed by atoms with E-state index in [9.17, 15) is 0 Å². The number of aromatic nitrogens is 2. The summed E-state index contributed by atoms with van der Waals surface area (Å²) in [5, 5.41) is 12.1. The first-order chi connectivity index (χ1) is 9.85. The summed E-state index contributed by atoms with van der Waals surface area (Å²) in [6, 6.07) is 17.3. The topological polar surface area (TPSA) is 61.6 Å². The molecule has 0 aliphatic carbocycles. The highest BCUT2D eigenvalue weighted by Crippen LogP contribution is 2.12. The largest absolute Gasteiger partial charge is 0.379 e. The Balaban J connectivity index is 1.78. The number of benzene rings is 2. The Labute approximate surface area is 116 Å². The Bertz CT molecular complexity index is 790. The molecule has 4 heteroatoms. The minimum Gasteiger partial charge on any atom is -0.379 e. The first kappa shape index (κ1) is 12.1. The zero-order valence-electron chi connectivity index (χ0n) is 10.7. The Morgan fingerprint density at radius 1 is 1.05 bits per heavy atom. The van der Waals surface area contributed by atoms with Crippen molar-refractivity contribution >= 4 is 16.7 Å². The average Bonchev–Trinajstić information content (AvgIpc) is 2.53. The summed E-state index contributed by atoms with van der Waals surface area (Å²) in [5.74, 6) is 0. The highest BCUT2D eigenvalue weighted by atomic mass is 14.9. The van der Waals surface area contributed by atoms with E-state index in [1.165, 1.54) is 0 Å². The van der Waals surface area contributed by atoms with Gasteiger partial charge in [0.2, 0.25) is 0 Å². The number of hydrogen-bond acceptors (Lipinski definition) is 4. The summed E-state index contributed by atoms with van der Waals surface area (Å²) in [5.41, 5.74) is 4.19. The van der Waals surface area contributed by atoms with E-state index in [1.54, 1.807) is 12.3 Å². The Morgan fingerprint density at radius 3 is 2.75 bits per heavy atom. The molecule has 20 heavy (non-hydrogen) atoms. The summed E-state index contributed by atoms with van der Waals surface area (Å²) >= 11 is 0. The molecule has 3 rings (SSSR count). The van der Waals surface area contributed by atoms with Gasteiger partial charge >= 0.3 is 0 Å². The predicted octanol–water partition coefficient (Wildman–Crippen LogP) is 3.11. The van der Waals surface area contributed by atoms with Gasteiger partial charge in [0.1, 0.15) is 0 Å². The number of anilines is 1. The van der Waals surface area contributed by atoms with Crippen molar-refractivity contribution in [1.29, 1.82) is 5.26 Å². The summed E-state index contributed by atoms with van der Waals surface area (Å²) in [6.45, 7) is 0.576. The van der Waals surface area contributed by atoms with Crippen molar-refractivity contribution in [2.24, 2.45) is 0 Å². The van der Waals surface area contributed by atoms with Crippen LogP contribution in [0, 0.1) is 11.3 Å². The van der Waals surface area contributed by atoms with Gasteiger partial charge in [0, 0.05) is 5.69 Å². The molecule has 0 aliphatic rings. The molecule has 0 radical (unpaired) electrons. The molecule has 4 nitrogen and oxygen atoms in total. The van der Waals surface area contributed by atoms with Gasteiger partial charge in [0.25, 0.3) is 0 Å². The van der Waals surface area contributed by atoms with Crippen molar-refractivity contribution in [3.05, 3.63) is 66.0 Å². The molecule has 96 valence electrons. The van der Waals surface area contributed by atoms with Gasteiger partial charge in [-0.15, -0.1) is 0 Å². The third-order valence-corrected chi connectivity index (χ3v) is 2.96. The van der Waals surface area contributed by atoms with E-state index in [-0.39, 0.29) is 0 Å². The zero-order valence-corrected chi connectivity index (χ0v) is 10.7. The van der Waals surface area contributed by atoms with Gasteiger partial charge in [-0.25, -0.2) is 4.98 Å². The molecule has 1 heterocycles. The van der Waals surface area contributed by atoms with Crippen LogP contribution in [-0.4, -0.2) is 9.97 Å². The van der Waals surface area contributed by atoms with Gasteiger partial charge in [0.05, 0.1) is 41.1 Å². The van der Waals surface area contributed by atoms with Crippen LogP contribution in [0.2, 0.25) is 0 Å². The molecular weight excluding hydrogens is 248 g/mol. The van der Waals surface area contributed by atoms with Crippen molar-refractivity contribution in [2.75, 3.05) is 5.32 Å². The SMILES string of the molecule is N#Cc1cccc(NCc2cnc3ccccc3n2)c1. The summed E-state index contributed by atoms with van der Waals surface area (Å²) < 4.78 is 0. The summed E-state index contributed by atoms with van der Waals surface area (Å²) in [7, 11) is 0. The van der Waals surface area contributed by atoms with Crippen LogP contribution in [0.25, 0.3) is 11.0 Å². The van der Waals surface area contributed by atoms with Crippen LogP contribution >= 0.6 is 0 Å². The fourth-order valence-electron chi connectivity index (χ4n) is 1.97. The van der Waals surface area contributed by atoms with E-state index in [4.69, 9.17) is 5.26 Å². The van der Waals surface area contributed by atoms with E-state index in [1.807, 2.05) is 42.5 Å². The molecule has 0 saturated carbocycles. The number of fused-ring (bicyclic) bond motifs is 1. The minimum absolute atomic E-state index is 0.576. The molecule has 0 unspecified atom stereocenters. The highest BCUT2D eigenvalue weighted by molar-refractivity contribution is 5.73. The molecule has 1 aromatic heterocycles. The van der Waals surface area contributed by atoms with Gasteiger partial charge in [0.15, 0.2) is 0 Å². The van der Waals surface area contributed by atoms with E-state index in [0.717, 1.165) is 22.4 Å². The van der Waals surface area contributed by atoms with E-state index in [2.05, 4.69) is 21.4 Å². The first-order valence-electron chi connectivity index (χ1n) is 6.30. The highest BCUT2D eigenvalue weighted by Gasteiger charge is 2.00. The smallest absolute Gasteiger partial charge is 0.0992 e. The minimum atomic E-state index is 0.576. The predicted molar refractivity (Wildman–Crippen MR) is 78.0 cm³/mol. The van der Waals surface area contributed by atoms with Crippen molar-refractivity contribution in [2.45, 2.75) is 6.54 Å². The summed E-state index contributed by atoms with van der Waals surface area (Å²) in [4.78, 5) is 8.92. The molecule has 3 aromatic rings. The maximum atomic E-state index is 8.87. The fourth-order valence-corrected chi connectivity index (χ4v) is 1.97. The maximum absolute atomic E-state index is 8.87. The van der Waals surface area contributed by atoms with Crippen LogP contribution in [0.5, 0.6) is 0 Å². The molecule has 0 aliphatic heterocycles. The number of rotatable bonds is 3. The Hall–Kier alpha value is -2.93. The van der Waals surface area contributed by atoms with Crippen molar-refractivity contribution in [3.63, 3.8) is 0 Å². The number of nitrogens with zero attached hydrogens (tertiary/aromatic N) is 3. The van der Waals surface area contributed by atoms with Crippen molar-refractivity contribution in [1.82, 2.24) is 9.97 Å². The molecule has 0 fully saturated rings. The Kier molecular flexibility index (Phi) is 3.25. The molecule has 0 atom stereocenters. The lowest BCUT2D eigenvalue weighted by Gasteiger charge is -2.06. The lowest BCUT2D eigenvalue weighted by atomic mass is 10.2. The Morgan fingerprint density at radius 2 is 1.90 bits per heavy atom. The van der Waals surface area contributed by atoms with Crippen molar-refractivity contribution in [3.8, 4) is 6.07 Å². The molecule has 0 saturated heterocycles. The van der Waals surface area contributed by atoms with Gasteiger partial charge in [-0.2, -0.15) is 5.26 Å². The van der Waals surface area contributed by atoms with Crippen LogP contribution in [0.3, 0.4) is 0 Å². The molecule has 2 aromatic carbocycles. The quantitative estimate of drug-likeness (QED) is 0.786. The van der Waals surface area contributed by atoms with E-state index < -0.39 is 0 Å². The van der Waals surface area contributed by atoms with Crippen molar-refractivity contribution < 1.29 is 0 Å². The van der Waals surface area contributed by atoms with E-state index >= 15 is 0 Å². The lowest BCUT2D eigenvalue weighted by Crippen LogP contribution is -2.02. The molecule has 0 bridgehead atoms. The average molecular weight is 260 g/mol. The van der Waals surface area contributed by atoms with Gasteiger partial charge in [-0.1, -0.05) is 18.2 Å².